The lowest BCUT2D eigenvalue weighted by atomic mass is 9.97. The number of halogens is 3. The van der Waals surface area contributed by atoms with Gasteiger partial charge in [0.25, 0.3) is 0 Å². The summed E-state index contributed by atoms with van der Waals surface area (Å²) >= 11 is 0. The molecule has 25 heavy (non-hydrogen) atoms. The number of anilines is 1. The van der Waals surface area contributed by atoms with E-state index in [-0.39, 0.29) is 5.56 Å². The van der Waals surface area contributed by atoms with Gasteiger partial charge in [0.05, 0.1) is 5.56 Å². The largest absolute Gasteiger partial charge is 0.416 e. The molecule has 1 N–H and O–H groups in total. The Bertz CT molecular complexity index is 929. The molecule has 7 heteroatoms. The average molecular weight is 342 g/mol. The van der Waals surface area contributed by atoms with Crippen LogP contribution >= 0.6 is 0 Å². The van der Waals surface area contributed by atoms with Crippen LogP contribution in [-0.4, -0.2) is 14.8 Å². The Morgan fingerprint density at radius 2 is 1.68 bits per heavy atom. The Balaban J connectivity index is 1.88. The van der Waals surface area contributed by atoms with Crippen LogP contribution < -0.4 is 5.32 Å². The number of rotatable bonds is 2. The van der Waals surface area contributed by atoms with E-state index in [1.165, 1.54) is 23.1 Å². The molecule has 1 aromatic heterocycles. The van der Waals surface area contributed by atoms with Gasteiger partial charge in [0.2, 0.25) is 5.95 Å². The van der Waals surface area contributed by atoms with E-state index in [4.69, 9.17) is 0 Å². The third-order valence-electron chi connectivity index (χ3n) is 4.08. The van der Waals surface area contributed by atoms with E-state index in [0.29, 0.717) is 11.6 Å². The van der Waals surface area contributed by atoms with E-state index < -0.39 is 17.8 Å². The molecule has 4 rings (SSSR count). The molecule has 0 bridgehead atoms. The summed E-state index contributed by atoms with van der Waals surface area (Å²) < 4.78 is 41.8. The van der Waals surface area contributed by atoms with Gasteiger partial charge < -0.3 is 5.32 Å². The smallest absolute Gasteiger partial charge is 0.324 e. The number of hydrogen-bond acceptors (Lipinski definition) is 3. The Hall–Kier alpha value is -3.09. The topological polar surface area (TPSA) is 42.7 Å². The van der Waals surface area contributed by atoms with E-state index in [9.17, 15) is 13.2 Å². The van der Waals surface area contributed by atoms with Crippen LogP contribution in [-0.2, 0) is 6.18 Å². The molecule has 0 amide bonds. The Morgan fingerprint density at radius 3 is 2.44 bits per heavy atom. The lowest BCUT2D eigenvalue weighted by Crippen LogP contribution is -2.22. The number of nitrogens with one attached hydrogen (secondary N) is 1. The third kappa shape index (κ3) is 2.77. The van der Waals surface area contributed by atoms with Crippen LogP contribution in [0.2, 0.25) is 0 Å². The lowest BCUT2D eigenvalue weighted by molar-refractivity contribution is -0.138. The van der Waals surface area contributed by atoms with Crippen molar-refractivity contribution in [1.82, 2.24) is 14.8 Å². The molecule has 1 aliphatic heterocycles. The number of nitrogens with zero attached hydrogens (tertiary/aromatic N) is 3. The summed E-state index contributed by atoms with van der Waals surface area (Å²) in [7, 11) is 0. The van der Waals surface area contributed by atoms with Crippen molar-refractivity contribution in [2.45, 2.75) is 12.2 Å². The van der Waals surface area contributed by atoms with Crippen molar-refractivity contribution in [3.63, 3.8) is 0 Å². The van der Waals surface area contributed by atoms with Crippen LogP contribution in [0.25, 0.3) is 5.70 Å². The first-order chi connectivity index (χ1) is 12.0. The van der Waals surface area contributed by atoms with Gasteiger partial charge >= 0.3 is 6.18 Å². The highest BCUT2D eigenvalue weighted by Crippen LogP contribution is 2.39. The molecule has 1 atom stereocenters. The van der Waals surface area contributed by atoms with E-state index in [1.54, 1.807) is 12.1 Å². The Labute approximate surface area is 141 Å². The molecular weight excluding hydrogens is 329 g/mol. The first kappa shape index (κ1) is 15.4. The van der Waals surface area contributed by atoms with Crippen molar-refractivity contribution < 1.29 is 13.2 Å². The zero-order valence-electron chi connectivity index (χ0n) is 12.9. The molecule has 1 unspecified atom stereocenters. The first-order valence-electron chi connectivity index (χ1n) is 7.64. The molecular formula is C18H13F3N4. The van der Waals surface area contributed by atoms with Gasteiger partial charge in [-0.1, -0.05) is 48.5 Å². The number of benzene rings is 2. The fourth-order valence-electron chi connectivity index (χ4n) is 2.95. The van der Waals surface area contributed by atoms with Gasteiger partial charge in [-0.25, -0.2) is 4.68 Å². The van der Waals surface area contributed by atoms with Gasteiger partial charge in [-0.2, -0.15) is 23.3 Å². The van der Waals surface area contributed by atoms with Crippen molar-refractivity contribution in [3.8, 4) is 0 Å². The van der Waals surface area contributed by atoms with Crippen LogP contribution in [0.5, 0.6) is 0 Å². The minimum absolute atomic E-state index is 0.136. The maximum Gasteiger partial charge on any atom is 0.416 e. The number of aromatic nitrogens is 3. The molecule has 2 heterocycles. The van der Waals surface area contributed by atoms with E-state index >= 15 is 0 Å². The minimum Gasteiger partial charge on any atom is -0.324 e. The summed E-state index contributed by atoms with van der Waals surface area (Å²) in [5.41, 5.74) is 1.03. The molecule has 2 aromatic carbocycles. The molecule has 4 nitrogen and oxygen atoms in total. The summed E-state index contributed by atoms with van der Waals surface area (Å²) in [6.45, 7) is 0. The first-order valence-corrected chi connectivity index (χ1v) is 7.64. The third-order valence-corrected chi connectivity index (χ3v) is 4.08. The van der Waals surface area contributed by atoms with Crippen LogP contribution in [0.15, 0.2) is 67.0 Å². The normalized spacial score (nSPS) is 16.8. The van der Waals surface area contributed by atoms with Crippen molar-refractivity contribution >= 4 is 11.6 Å². The lowest BCUT2D eigenvalue weighted by Gasteiger charge is -2.26. The van der Waals surface area contributed by atoms with Crippen LogP contribution in [0, 0.1) is 0 Å². The fraction of sp³-hybridized carbons (Fsp3) is 0.111. The molecule has 0 fully saturated rings. The van der Waals surface area contributed by atoms with Crippen molar-refractivity contribution in [2.24, 2.45) is 0 Å². The van der Waals surface area contributed by atoms with Gasteiger partial charge in [-0.15, -0.1) is 0 Å². The quantitative estimate of drug-likeness (QED) is 0.753. The Morgan fingerprint density at radius 1 is 0.960 bits per heavy atom. The van der Waals surface area contributed by atoms with Crippen molar-refractivity contribution in [2.75, 3.05) is 5.32 Å². The maximum absolute atomic E-state index is 13.4. The number of allylic oxidation sites excluding steroid dienone is 1. The second kappa shape index (κ2) is 5.77. The molecule has 0 saturated carbocycles. The average Bonchev–Trinajstić information content (AvgIpc) is 3.09. The zero-order chi connectivity index (χ0) is 17.4. The molecule has 0 radical (unpaired) electrons. The maximum atomic E-state index is 13.4. The zero-order valence-corrected chi connectivity index (χ0v) is 12.9. The molecule has 1 aliphatic rings. The van der Waals surface area contributed by atoms with Gasteiger partial charge in [0.15, 0.2) is 0 Å². The number of fused-ring (bicyclic) bond motifs is 1. The van der Waals surface area contributed by atoms with Crippen molar-refractivity contribution in [1.29, 1.82) is 0 Å². The molecule has 0 saturated heterocycles. The highest BCUT2D eigenvalue weighted by molar-refractivity contribution is 5.77. The summed E-state index contributed by atoms with van der Waals surface area (Å²) in [4.78, 5) is 4.12. The van der Waals surface area contributed by atoms with Gasteiger partial charge in [0.1, 0.15) is 12.4 Å². The van der Waals surface area contributed by atoms with Gasteiger partial charge in [0, 0.05) is 5.70 Å². The standard InChI is InChI=1S/C18H13F3N4/c19-18(20,21)14-9-5-4-8-13(14)16-10-15(12-6-2-1-3-7-12)24-17-22-11-23-25(16)17/h1-11,16H,(H,22,23,24). The predicted molar refractivity (Wildman–Crippen MR) is 87.6 cm³/mol. The SMILES string of the molecule is FC(F)(F)c1ccccc1C1C=C(c2ccccc2)Nc2ncnn21. The highest BCUT2D eigenvalue weighted by Gasteiger charge is 2.36. The number of hydrogen-bond donors (Lipinski definition) is 1. The predicted octanol–water partition coefficient (Wildman–Crippen LogP) is 4.35. The molecule has 126 valence electrons. The minimum atomic E-state index is -4.44. The van der Waals surface area contributed by atoms with Crippen molar-refractivity contribution in [3.05, 3.63) is 83.7 Å². The summed E-state index contributed by atoms with van der Waals surface area (Å²) in [6, 6.07) is 14.2. The van der Waals surface area contributed by atoms with Crippen LogP contribution in [0.4, 0.5) is 19.1 Å². The Kier molecular flexibility index (Phi) is 3.56. The monoisotopic (exact) mass is 342 g/mol. The summed E-state index contributed by atoms with van der Waals surface area (Å²) in [5.74, 6) is 0.406. The van der Waals surface area contributed by atoms with E-state index in [1.807, 2.05) is 30.3 Å². The molecule has 3 aromatic rings. The van der Waals surface area contributed by atoms with E-state index in [2.05, 4.69) is 15.4 Å². The molecule has 0 aliphatic carbocycles. The van der Waals surface area contributed by atoms with E-state index in [0.717, 1.165) is 11.6 Å². The second-order valence-electron chi connectivity index (χ2n) is 5.63. The van der Waals surface area contributed by atoms with Crippen LogP contribution in [0.3, 0.4) is 0 Å². The molecule has 0 spiro atoms. The van der Waals surface area contributed by atoms with Crippen LogP contribution in [0.1, 0.15) is 22.7 Å². The summed E-state index contributed by atoms with van der Waals surface area (Å²) in [6.07, 6.45) is -1.38. The second-order valence-corrected chi connectivity index (χ2v) is 5.63. The summed E-state index contributed by atoms with van der Waals surface area (Å²) in [5, 5.41) is 7.22. The number of alkyl halides is 3. The van der Waals surface area contributed by atoms with Gasteiger partial charge in [-0.05, 0) is 23.3 Å². The van der Waals surface area contributed by atoms with Gasteiger partial charge in [-0.3, -0.25) is 0 Å². The highest BCUT2D eigenvalue weighted by atomic mass is 19.4. The fourth-order valence-corrected chi connectivity index (χ4v) is 2.95.